The van der Waals surface area contributed by atoms with Crippen LogP contribution in [0.15, 0.2) is 12.1 Å². The molecule has 1 aromatic heterocycles. The molecular formula is C12H13NO3. The summed E-state index contributed by atoms with van der Waals surface area (Å²) in [5.41, 5.74) is -0.202. The van der Waals surface area contributed by atoms with Gasteiger partial charge in [0.15, 0.2) is 5.60 Å². The van der Waals surface area contributed by atoms with Crippen molar-refractivity contribution in [2.45, 2.75) is 26.4 Å². The number of carboxylic acid groups (broad SMARTS) is 1. The van der Waals surface area contributed by atoms with Gasteiger partial charge in [-0.1, -0.05) is 5.92 Å². The van der Waals surface area contributed by atoms with Gasteiger partial charge < -0.3 is 9.84 Å². The third-order valence-electron chi connectivity index (χ3n) is 1.93. The van der Waals surface area contributed by atoms with Crippen molar-refractivity contribution < 1.29 is 14.6 Å². The minimum atomic E-state index is -1.09. The molecule has 0 bridgehead atoms. The Labute approximate surface area is 94.3 Å². The summed E-state index contributed by atoms with van der Waals surface area (Å²) in [6, 6.07) is 3.06. The maximum Gasteiger partial charge on any atom is 0.341 e. The second-order valence-corrected chi connectivity index (χ2v) is 3.87. The lowest BCUT2D eigenvalue weighted by atomic mass is 10.1. The highest BCUT2D eigenvalue weighted by molar-refractivity contribution is 5.90. The number of aromatic nitrogens is 1. The minimum absolute atomic E-state index is 0.00826. The van der Waals surface area contributed by atoms with E-state index < -0.39 is 11.6 Å². The molecule has 84 valence electrons. The summed E-state index contributed by atoms with van der Waals surface area (Å²) in [6.07, 6.45) is 5.27. The highest BCUT2D eigenvalue weighted by Crippen LogP contribution is 2.21. The first-order chi connectivity index (χ1) is 7.35. The Morgan fingerprint density at radius 3 is 2.69 bits per heavy atom. The molecule has 1 heterocycles. The van der Waals surface area contributed by atoms with Gasteiger partial charge in [0, 0.05) is 5.69 Å². The third kappa shape index (κ3) is 2.74. The smallest absolute Gasteiger partial charge is 0.341 e. The molecule has 0 atom stereocenters. The number of carbonyl (C=O) groups is 1. The number of pyridine rings is 1. The van der Waals surface area contributed by atoms with Gasteiger partial charge >= 0.3 is 5.97 Å². The molecule has 0 amide bonds. The summed E-state index contributed by atoms with van der Waals surface area (Å²) in [5, 5.41) is 8.95. The molecule has 4 nitrogen and oxygen atoms in total. The minimum Gasteiger partial charge on any atom is -0.477 e. The predicted molar refractivity (Wildman–Crippen MR) is 59.5 cm³/mol. The topological polar surface area (TPSA) is 59.4 Å². The number of terminal acetylenes is 1. The van der Waals surface area contributed by atoms with E-state index >= 15 is 0 Å². The van der Waals surface area contributed by atoms with Gasteiger partial charge in [0.2, 0.25) is 5.88 Å². The molecule has 0 aliphatic heterocycles. The molecule has 0 aromatic carbocycles. The Morgan fingerprint density at radius 1 is 1.56 bits per heavy atom. The van der Waals surface area contributed by atoms with Crippen molar-refractivity contribution in [1.29, 1.82) is 0 Å². The van der Waals surface area contributed by atoms with Gasteiger partial charge in [0.05, 0.1) is 0 Å². The number of aryl methyl sites for hydroxylation is 1. The SMILES string of the molecule is C#CC(C)(C)Oc1nc(C)ccc1C(=O)O. The Balaban J connectivity index is 3.17. The van der Waals surface area contributed by atoms with Gasteiger partial charge in [-0.2, -0.15) is 0 Å². The van der Waals surface area contributed by atoms with E-state index in [1.54, 1.807) is 26.8 Å². The highest BCUT2D eigenvalue weighted by atomic mass is 16.5. The summed E-state index contributed by atoms with van der Waals surface area (Å²) in [5.74, 6) is 1.38. The molecule has 0 aliphatic carbocycles. The fraction of sp³-hybridized carbons (Fsp3) is 0.333. The van der Waals surface area contributed by atoms with E-state index in [0.29, 0.717) is 5.69 Å². The maximum atomic E-state index is 10.9. The van der Waals surface area contributed by atoms with Crippen LogP contribution in [0.4, 0.5) is 0 Å². The van der Waals surface area contributed by atoms with Crippen molar-refractivity contribution in [2.24, 2.45) is 0 Å². The van der Waals surface area contributed by atoms with Crippen molar-refractivity contribution in [3.05, 3.63) is 23.4 Å². The second-order valence-electron chi connectivity index (χ2n) is 3.87. The van der Waals surface area contributed by atoms with Crippen LogP contribution in [0.2, 0.25) is 0 Å². The zero-order chi connectivity index (χ0) is 12.3. The van der Waals surface area contributed by atoms with Gasteiger partial charge in [-0.25, -0.2) is 9.78 Å². The van der Waals surface area contributed by atoms with Crippen LogP contribution in [-0.4, -0.2) is 21.7 Å². The average Bonchev–Trinajstić information content (AvgIpc) is 2.16. The molecule has 0 saturated heterocycles. The van der Waals surface area contributed by atoms with Crippen molar-refractivity contribution in [3.63, 3.8) is 0 Å². The second kappa shape index (κ2) is 4.23. The quantitative estimate of drug-likeness (QED) is 0.788. The number of nitrogens with zero attached hydrogens (tertiary/aromatic N) is 1. The Bertz CT molecular complexity index is 458. The summed E-state index contributed by atoms with van der Waals surface area (Å²) in [7, 11) is 0. The Hall–Kier alpha value is -2.02. The molecule has 1 rings (SSSR count). The maximum absolute atomic E-state index is 10.9. The normalized spacial score (nSPS) is 10.6. The lowest BCUT2D eigenvalue weighted by molar-refractivity contribution is 0.0684. The van der Waals surface area contributed by atoms with E-state index in [1.807, 2.05) is 0 Å². The average molecular weight is 219 g/mol. The van der Waals surface area contributed by atoms with E-state index in [-0.39, 0.29) is 11.4 Å². The van der Waals surface area contributed by atoms with Crippen molar-refractivity contribution in [3.8, 4) is 18.2 Å². The first kappa shape index (κ1) is 12.1. The molecule has 16 heavy (non-hydrogen) atoms. The van der Waals surface area contributed by atoms with E-state index in [4.69, 9.17) is 16.3 Å². The molecule has 0 spiro atoms. The van der Waals surface area contributed by atoms with Crippen LogP contribution in [-0.2, 0) is 0 Å². The molecule has 1 aromatic rings. The van der Waals surface area contributed by atoms with Crippen LogP contribution in [0, 0.1) is 19.3 Å². The van der Waals surface area contributed by atoms with Crippen LogP contribution in [0.3, 0.4) is 0 Å². The molecule has 0 fully saturated rings. The van der Waals surface area contributed by atoms with E-state index in [1.165, 1.54) is 6.07 Å². The van der Waals surface area contributed by atoms with Crippen LogP contribution in [0.1, 0.15) is 29.9 Å². The van der Waals surface area contributed by atoms with E-state index in [2.05, 4.69) is 10.9 Å². The predicted octanol–water partition coefficient (Wildman–Crippen LogP) is 1.88. The zero-order valence-electron chi connectivity index (χ0n) is 9.44. The molecule has 0 radical (unpaired) electrons. The Kier molecular flexibility index (Phi) is 3.19. The van der Waals surface area contributed by atoms with Crippen LogP contribution >= 0.6 is 0 Å². The van der Waals surface area contributed by atoms with Crippen molar-refractivity contribution in [2.75, 3.05) is 0 Å². The molecular weight excluding hydrogens is 206 g/mol. The monoisotopic (exact) mass is 219 g/mol. The standard InChI is InChI=1S/C12H13NO3/c1-5-12(3,4)16-10-9(11(14)15)7-6-8(2)13-10/h1,6-7H,2-4H3,(H,14,15). The molecule has 1 N–H and O–H groups in total. The fourth-order valence-electron chi connectivity index (χ4n) is 1.04. The highest BCUT2D eigenvalue weighted by Gasteiger charge is 2.21. The number of aromatic carboxylic acids is 1. The van der Waals surface area contributed by atoms with E-state index in [9.17, 15) is 4.79 Å². The number of carboxylic acids is 1. The fourth-order valence-corrected chi connectivity index (χ4v) is 1.04. The van der Waals surface area contributed by atoms with Gasteiger partial charge in [0.1, 0.15) is 5.56 Å². The molecule has 0 aliphatic rings. The van der Waals surface area contributed by atoms with Crippen LogP contribution < -0.4 is 4.74 Å². The summed E-state index contributed by atoms with van der Waals surface area (Å²) in [4.78, 5) is 15.0. The molecule has 0 saturated carbocycles. The number of rotatable bonds is 3. The van der Waals surface area contributed by atoms with E-state index in [0.717, 1.165) is 0 Å². The van der Waals surface area contributed by atoms with Gasteiger partial charge in [-0.05, 0) is 32.9 Å². The van der Waals surface area contributed by atoms with Gasteiger partial charge in [0.25, 0.3) is 0 Å². The van der Waals surface area contributed by atoms with Crippen LogP contribution in [0.5, 0.6) is 5.88 Å². The molecule has 0 unspecified atom stereocenters. The number of hydrogen-bond donors (Lipinski definition) is 1. The summed E-state index contributed by atoms with van der Waals surface area (Å²) < 4.78 is 5.40. The molecule has 4 heteroatoms. The summed E-state index contributed by atoms with van der Waals surface area (Å²) >= 11 is 0. The largest absolute Gasteiger partial charge is 0.477 e. The number of hydrogen-bond acceptors (Lipinski definition) is 3. The third-order valence-corrected chi connectivity index (χ3v) is 1.93. The first-order valence-electron chi connectivity index (χ1n) is 4.73. The van der Waals surface area contributed by atoms with Crippen molar-refractivity contribution in [1.82, 2.24) is 4.98 Å². The van der Waals surface area contributed by atoms with Gasteiger partial charge in [-0.15, -0.1) is 6.42 Å². The number of ether oxygens (including phenoxy) is 1. The van der Waals surface area contributed by atoms with Crippen molar-refractivity contribution >= 4 is 5.97 Å². The lowest BCUT2D eigenvalue weighted by Gasteiger charge is -2.20. The Morgan fingerprint density at radius 2 is 2.19 bits per heavy atom. The summed E-state index contributed by atoms with van der Waals surface area (Å²) in [6.45, 7) is 5.09. The zero-order valence-corrected chi connectivity index (χ0v) is 9.44. The van der Waals surface area contributed by atoms with Crippen LogP contribution in [0.25, 0.3) is 0 Å². The van der Waals surface area contributed by atoms with Gasteiger partial charge in [-0.3, -0.25) is 0 Å². The first-order valence-corrected chi connectivity index (χ1v) is 4.73. The lowest BCUT2D eigenvalue weighted by Crippen LogP contribution is -2.27.